The minimum absolute atomic E-state index is 0.132. The second kappa shape index (κ2) is 5.00. The molecule has 0 aliphatic rings. The topological polar surface area (TPSA) is 85.1 Å². The van der Waals surface area contributed by atoms with Crippen molar-refractivity contribution in [1.29, 1.82) is 0 Å². The first-order valence-corrected chi connectivity index (χ1v) is 7.29. The molecule has 0 amide bonds. The molecule has 2 aromatic rings. The van der Waals surface area contributed by atoms with Gasteiger partial charge in [-0.1, -0.05) is 31.1 Å². The molecule has 0 spiro atoms. The van der Waals surface area contributed by atoms with E-state index in [1.165, 1.54) is 6.07 Å². The van der Waals surface area contributed by atoms with E-state index in [2.05, 4.69) is 14.9 Å². The molecular formula is C12H15N3O3S. The molecule has 0 unspecified atom stereocenters. The zero-order chi connectivity index (χ0) is 14.0. The molecule has 0 fully saturated rings. The Morgan fingerprint density at radius 2 is 2.00 bits per heavy atom. The predicted molar refractivity (Wildman–Crippen MR) is 70.4 cm³/mol. The Balaban J connectivity index is 2.31. The third-order valence-electron chi connectivity index (χ3n) is 2.58. The van der Waals surface area contributed by atoms with Gasteiger partial charge >= 0.3 is 6.01 Å². The highest BCUT2D eigenvalue weighted by molar-refractivity contribution is 7.92. The lowest BCUT2D eigenvalue weighted by atomic mass is 10.0. The molecule has 6 nitrogen and oxygen atoms in total. The summed E-state index contributed by atoms with van der Waals surface area (Å²) in [6.45, 7) is 5.59. The molecule has 2 rings (SSSR count). The third kappa shape index (κ3) is 3.11. The molecule has 1 N–H and O–H groups in total. The van der Waals surface area contributed by atoms with Crippen LogP contribution in [-0.4, -0.2) is 18.6 Å². The second-order valence-corrected chi connectivity index (χ2v) is 6.14. The van der Waals surface area contributed by atoms with Crippen LogP contribution in [0.25, 0.3) is 0 Å². The monoisotopic (exact) mass is 281 g/mol. The number of nitrogens with one attached hydrogen (secondary N) is 1. The number of benzene rings is 1. The van der Waals surface area contributed by atoms with Crippen LogP contribution in [0.5, 0.6) is 0 Å². The number of anilines is 1. The average molecular weight is 281 g/mol. The first-order valence-electron chi connectivity index (χ1n) is 5.81. The Labute approximate surface area is 111 Å². The van der Waals surface area contributed by atoms with Crippen LogP contribution in [0.3, 0.4) is 0 Å². The molecule has 7 heteroatoms. The highest BCUT2D eigenvalue weighted by Gasteiger charge is 2.18. The minimum atomic E-state index is -3.70. The van der Waals surface area contributed by atoms with Crippen molar-refractivity contribution in [2.45, 2.75) is 31.6 Å². The van der Waals surface area contributed by atoms with Crippen molar-refractivity contribution in [3.8, 4) is 0 Å². The summed E-state index contributed by atoms with van der Waals surface area (Å²) in [5.74, 6) is 0.550. The minimum Gasteiger partial charge on any atom is -0.408 e. The van der Waals surface area contributed by atoms with E-state index in [-0.39, 0.29) is 16.8 Å². The van der Waals surface area contributed by atoms with Crippen LogP contribution in [0.1, 0.15) is 31.2 Å². The predicted octanol–water partition coefficient (Wildman–Crippen LogP) is 2.30. The molecular weight excluding hydrogens is 266 g/mol. The lowest BCUT2D eigenvalue weighted by molar-refractivity contribution is 0.534. The smallest absolute Gasteiger partial charge is 0.329 e. The van der Waals surface area contributed by atoms with E-state index in [9.17, 15) is 8.42 Å². The molecule has 0 saturated carbocycles. The van der Waals surface area contributed by atoms with E-state index < -0.39 is 10.0 Å². The fraction of sp³-hybridized carbons (Fsp3) is 0.333. The van der Waals surface area contributed by atoms with Gasteiger partial charge in [-0.25, -0.2) is 13.1 Å². The maximum absolute atomic E-state index is 12.1. The van der Waals surface area contributed by atoms with Crippen molar-refractivity contribution in [2.75, 3.05) is 4.72 Å². The molecule has 102 valence electrons. The van der Waals surface area contributed by atoms with Crippen LogP contribution in [0.15, 0.2) is 33.6 Å². The van der Waals surface area contributed by atoms with Crippen LogP contribution in [0.2, 0.25) is 0 Å². The van der Waals surface area contributed by atoms with Gasteiger partial charge in [0.15, 0.2) is 0 Å². The number of aryl methyl sites for hydroxylation is 1. The van der Waals surface area contributed by atoms with Gasteiger partial charge < -0.3 is 4.42 Å². The summed E-state index contributed by atoms with van der Waals surface area (Å²) < 4.78 is 31.6. The Morgan fingerprint density at radius 3 is 2.58 bits per heavy atom. The highest BCUT2D eigenvalue weighted by Crippen LogP contribution is 2.20. The fourth-order valence-electron chi connectivity index (χ4n) is 1.55. The van der Waals surface area contributed by atoms with Crippen LogP contribution in [-0.2, 0) is 10.0 Å². The van der Waals surface area contributed by atoms with Gasteiger partial charge in [-0.15, -0.1) is 5.10 Å². The van der Waals surface area contributed by atoms with E-state index in [0.717, 1.165) is 5.56 Å². The summed E-state index contributed by atoms with van der Waals surface area (Å²) in [7, 11) is -3.70. The lowest BCUT2D eigenvalue weighted by Crippen LogP contribution is -2.13. The number of hydrogen-bond donors (Lipinski definition) is 1. The fourth-order valence-corrected chi connectivity index (χ4v) is 2.53. The van der Waals surface area contributed by atoms with Gasteiger partial charge in [-0.3, -0.25) is 0 Å². The molecule has 0 saturated heterocycles. The maximum atomic E-state index is 12.1. The van der Waals surface area contributed by atoms with Crippen molar-refractivity contribution in [2.24, 2.45) is 0 Å². The molecule has 1 aromatic carbocycles. The standard InChI is InChI=1S/C12H15N3O3S/c1-8(2)10-5-4-6-11(7-10)19(16,17)15-12-14-13-9(3)18-12/h4-8H,1-3H3,(H,14,15). The van der Waals surface area contributed by atoms with E-state index in [1.54, 1.807) is 19.1 Å². The highest BCUT2D eigenvalue weighted by atomic mass is 32.2. The van der Waals surface area contributed by atoms with Crippen LogP contribution in [0.4, 0.5) is 6.01 Å². The summed E-state index contributed by atoms with van der Waals surface area (Å²) in [4.78, 5) is 0.176. The van der Waals surface area contributed by atoms with Gasteiger partial charge in [-0.05, 0) is 23.6 Å². The summed E-state index contributed by atoms with van der Waals surface area (Å²) in [6, 6.07) is 6.63. The molecule has 0 aliphatic heterocycles. The van der Waals surface area contributed by atoms with Crippen molar-refractivity contribution in [3.63, 3.8) is 0 Å². The van der Waals surface area contributed by atoms with Gasteiger partial charge in [0, 0.05) is 6.92 Å². The van der Waals surface area contributed by atoms with E-state index in [4.69, 9.17) is 4.42 Å². The van der Waals surface area contributed by atoms with Gasteiger partial charge in [-0.2, -0.15) is 0 Å². The summed E-state index contributed by atoms with van der Waals surface area (Å²) in [5, 5.41) is 7.17. The molecule has 0 bridgehead atoms. The molecule has 0 radical (unpaired) electrons. The SMILES string of the molecule is Cc1nnc(NS(=O)(=O)c2cccc(C(C)C)c2)o1. The van der Waals surface area contributed by atoms with E-state index >= 15 is 0 Å². The summed E-state index contributed by atoms with van der Waals surface area (Å²) >= 11 is 0. The lowest BCUT2D eigenvalue weighted by Gasteiger charge is -2.08. The number of hydrogen-bond acceptors (Lipinski definition) is 5. The van der Waals surface area contributed by atoms with Crippen molar-refractivity contribution in [3.05, 3.63) is 35.7 Å². The molecule has 0 aliphatic carbocycles. The van der Waals surface area contributed by atoms with Crippen molar-refractivity contribution < 1.29 is 12.8 Å². The van der Waals surface area contributed by atoms with E-state index in [0.29, 0.717) is 5.89 Å². The van der Waals surface area contributed by atoms with Crippen LogP contribution in [0, 0.1) is 6.92 Å². The molecule has 1 heterocycles. The zero-order valence-electron chi connectivity index (χ0n) is 10.9. The summed E-state index contributed by atoms with van der Waals surface area (Å²) in [6.07, 6.45) is 0. The Morgan fingerprint density at radius 1 is 1.26 bits per heavy atom. The van der Waals surface area contributed by atoms with Gasteiger partial charge in [0.25, 0.3) is 10.0 Å². The first-order chi connectivity index (χ1) is 8.88. The van der Waals surface area contributed by atoms with Gasteiger partial charge in [0.2, 0.25) is 5.89 Å². The van der Waals surface area contributed by atoms with Crippen molar-refractivity contribution >= 4 is 16.0 Å². The van der Waals surface area contributed by atoms with E-state index in [1.807, 2.05) is 19.9 Å². The maximum Gasteiger partial charge on any atom is 0.329 e. The van der Waals surface area contributed by atoms with Crippen molar-refractivity contribution in [1.82, 2.24) is 10.2 Å². The normalized spacial score (nSPS) is 11.8. The number of sulfonamides is 1. The molecule has 0 atom stereocenters. The number of aromatic nitrogens is 2. The Bertz CT molecular complexity index is 677. The Hall–Kier alpha value is -1.89. The molecule has 1 aromatic heterocycles. The van der Waals surface area contributed by atoms with Gasteiger partial charge in [0.1, 0.15) is 0 Å². The van der Waals surface area contributed by atoms with Crippen LogP contribution < -0.4 is 4.72 Å². The van der Waals surface area contributed by atoms with Gasteiger partial charge in [0.05, 0.1) is 4.90 Å². The largest absolute Gasteiger partial charge is 0.408 e. The quantitative estimate of drug-likeness (QED) is 0.929. The summed E-state index contributed by atoms with van der Waals surface area (Å²) in [5.41, 5.74) is 0.949. The average Bonchev–Trinajstić information content (AvgIpc) is 2.74. The second-order valence-electron chi connectivity index (χ2n) is 4.46. The van der Waals surface area contributed by atoms with Crippen LogP contribution >= 0.6 is 0 Å². The molecule has 19 heavy (non-hydrogen) atoms. The third-order valence-corrected chi connectivity index (χ3v) is 3.90. The first kappa shape index (κ1) is 13.5. The number of rotatable bonds is 4. The Kier molecular flexibility index (Phi) is 3.57. The number of nitrogens with zero attached hydrogens (tertiary/aromatic N) is 2. The zero-order valence-corrected chi connectivity index (χ0v) is 11.7.